The molecule has 33 heavy (non-hydrogen) atoms. The fourth-order valence-corrected chi connectivity index (χ4v) is 3.87. The fourth-order valence-electron chi connectivity index (χ4n) is 3.87. The molecule has 1 saturated carbocycles. The first-order chi connectivity index (χ1) is 15.8. The van der Waals surface area contributed by atoms with Crippen LogP contribution in [0.4, 0.5) is 24.7 Å². The molecular formula is C25H21F3N4O. The van der Waals surface area contributed by atoms with E-state index in [0.717, 1.165) is 42.2 Å². The molecule has 0 unspecified atom stereocenters. The van der Waals surface area contributed by atoms with Gasteiger partial charge in [-0.25, -0.2) is 15.0 Å². The molecule has 0 radical (unpaired) electrons. The van der Waals surface area contributed by atoms with Crippen molar-refractivity contribution < 1.29 is 18.0 Å². The number of nitrogens with zero attached hydrogens (tertiary/aromatic N) is 3. The van der Waals surface area contributed by atoms with Crippen molar-refractivity contribution in [2.24, 2.45) is 5.92 Å². The van der Waals surface area contributed by atoms with E-state index in [1.807, 2.05) is 6.07 Å². The summed E-state index contributed by atoms with van der Waals surface area (Å²) < 4.78 is 39.6. The summed E-state index contributed by atoms with van der Waals surface area (Å²) in [6, 6.07) is 10.3. The molecule has 5 nitrogen and oxygen atoms in total. The van der Waals surface area contributed by atoms with Gasteiger partial charge in [-0.1, -0.05) is 25.1 Å². The van der Waals surface area contributed by atoms with Gasteiger partial charge in [0.15, 0.2) is 11.6 Å². The molecule has 5 rings (SSSR count). The van der Waals surface area contributed by atoms with Gasteiger partial charge in [0.2, 0.25) is 0 Å². The van der Waals surface area contributed by atoms with Crippen LogP contribution >= 0.6 is 0 Å². The van der Waals surface area contributed by atoms with E-state index in [-0.39, 0.29) is 11.5 Å². The van der Waals surface area contributed by atoms with Crippen molar-refractivity contribution in [3.05, 3.63) is 65.6 Å². The van der Waals surface area contributed by atoms with Crippen LogP contribution in [0.2, 0.25) is 0 Å². The number of rotatable bonds is 6. The van der Waals surface area contributed by atoms with Gasteiger partial charge in [0.25, 0.3) is 0 Å². The Hall–Kier alpha value is -3.55. The molecular weight excluding hydrogens is 429 g/mol. The van der Waals surface area contributed by atoms with Gasteiger partial charge in [0.05, 0.1) is 11.1 Å². The highest BCUT2D eigenvalue weighted by Gasteiger charge is 2.30. The van der Waals surface area contributed by atoms with Crippen LogP contribution in [-0.4, -0.2) is 20.7 Å². The summed E-state index contributed by atoms with van der Waals surface area (Å²) in [6.45, 7) is 1.79. The molecule has 4 aromatic rings. The number of halogens is 3. The summed E-state index contributed by atoms with van der Waals surface area (Å²) >= 11 is 0. The zero-order valence-corrected chi connectivity index (χ0v) is 17.9. The Bertz CT molecular complexity index is 1380. The average Bonchev–Trinajstić information content (AvgIpc) is 3.62. The standard InChI is InChI=1S/C25H21F3N4O/c1-2-21(33)15-8-9-18-19-13-29-22(10-14-6-7-14)32-23(19)24(31-20(18)11-15)30-17-5-3-4-16(12-17)25(26,27)28/h3-5,8-9,11-14H,2,6-7,10H2,1H3,(H,30,31). The third-order valence-electron chi connectivity index (χ3n) is 5.85. The normalized spacial score (nSPS) is 14.1. The van der Waals surface area contributed by atoms with Crippen LogP contribution in [0.15, 0.2) is 48.7 Å². The van der Waals surface area contributed by atoms with Gasteiger partial charge in [0, 0.05) is 41.1 Å². The average molecular weight is 450 g/mol. The molecule has 0 spiro atoms. The number of anilines is 2. The van der Waals surface area contributed by atoms with E-state index in [2.05, 4.69) is 15.3 Å². The van der Waals surface area contributed by atoms with Crippen LogP contribution < -0.4 is 5.32 Å². The van der Waals surface area contributed by atoms with Crippen molar-refractivity contribution in [1.29, 1.82) is 0 Å². The molecule has 8 heteroatoms. The first-order valence-corrected chi connectivity index (χ1v) is 10.9. The first-order valence-electron chi connectivity index (χ1n) is 10.9. The smallest absolute Gasteiger partial charge is 0.338 e. The molecule has 168 valence electrons. The van der Waals surface area contributed by atoms with Crippen molar-refractivity contribution in [1.82, 2.24) is 15.0 Å². The van der Waals surface area contributed by atoms with E-state index in [1.165, 1.54) is 6.07 Å². The predicted molar refractivity (Wildman–Crippen MR) is 121 cm³/mol. The molecule has 0 amide bonds. The number of fused-ring (bicyclic) bond motifs is 3. The Morgan fingerprint density at radius 2 is 1.91 bits per heavy atom. The molecule has 2 aromatic heterocycles. The van der Waals surface area contributed by atoms with Gasteiger partial charge < -0.3 is 5.32 Å². The van der Waals surface area contributed by atoms with Crippen molar-refractivity contribution in [3.8, 4) is 0 Å². The second-order valence-electron chi connectivity index (χ2n) is 8.37. The minimum Gasteiger partial charge on any atom is -0.338 e. The van der Waals surface area contributed by atoms with Crippen molar-refractivity contribution in [2.75, 3.05) is 5.32 Å². The van der Waals surface area contributed by atoms with Crippen LogP contribution in [0.3, 0.4) is 0 Å². The summed E-state index contributed by atoms with van der Waals surface area (Å²) in [4.78, 5) is 26.1. The molecule has 1 N–H and O–H groups in total. The second kappa shape index (κ2) is 8.10. The van der Waals surface area contributed by atoms with Crippen LogP contribution in [-0.2, 0) is 12.6 Å². The molecule has 1 aliphatic rings. The zero-order valence-electron chi connectivity index (χ0n) is 17.9. The summed E-state index contributed by atoms with van der Waals surface area (Å²) in [6.07, 6.45) is 0.721. The number of carbonyl (C=O) groups is 1. The molecule has 1 fully saturated rings. The largest absolute Gasteiger partial charge is 0.416 e. The molecule has 0 saturated heterocycles. The number of carbonyl (C=O) groups excluding carboxylic acids is 1. The van der Waals surface area contributed by atoms with Crippen molar-refractivity contribution >= 4 is 39.1 Å². The second-order valence-corrected chi connectivity index (χ2v) is 8.37. The summed E-state index contributed by atoms with van der Waals surface area (Å²) in [7, 11) is 0. The maximum atomic E-state index is 13.2. The molecule has 2 heterocycles. The van der Waals surface area contributed by atoms with Gasteiger partial charge >= 0.3 is 6.18 Å². The van der Waals surface area contributed by atoms with Gasteiger partial charge in [-0.2, -0.15) is 13.2 Å². The van der Waals surface area contributed by atoms with Crippen molar-refractivity contribution in [3.63, 3.8) is 0 Å². The summed E-state index contributed by atoms with van der Waals surface area (Å²) in [5.41, 5.74) is 1.13. The summed E-state index contributed by atoms with van der Waals surface area (Å²) in [5, 5.41) is 4.53. The fraction of sp³-hybridized carbons (Fsp3) is 0.280. The molecule has 1 aliphatic carbocycles. The van der Waals surface area contributed by atoms with E-state index in [4.69, 9.17) is 4.98 Å². The number of benzene rings is 2. The lowest BCUT2D eigenvalue weighted by Gasteiger charge is -2.14. The highest BCUT2D eigenvalue weighted by molar-refractivity contribution is 6.10. The van der Waals surface area contributed by atoms with Crippen LogP contribution in [0, 0.1) is 5.92 Å². The zero-order chi connectivity index (χ0) is 23.2. The third kappa shape index (κ3) is 4.37. The molecule has 0 atom stereocenters. The quantitative estimate of drug-likeness (QED) is 0.269. The van der Waals surface area contributed by atoms with Crippen LogP contribution in [0.1, 0.15) is 47.9 Å². The summed E-state index contributed by atoms with van der Waals surface area (Å²) in [5.74, 6) is 1.59. The number of nitrogens with one attached hydrogen (secondary N) is 1. The predicted octanol–water partition coefficient (Wildman–Crippen LogP) is 6.49. The number of ketones is 1. The van der Waals surface area contributed by atoms with E-state index in [0.29, 0.717) is 40.6 Å². The minimum atomic E-state index is -4.45. The lowest BCUT2D eigenvalue weighted by atomic mass is 10.0. The number of pyridine rings is 1. The number of aromatic nitrogens is 3. The lowest BCUT2D eigenvalue weighted by Crippen LogP contribution is -2.06. The maximum absolute atomic E-state index is 13.2. The SMILES string of the molecule is CCC(=O)c1ccc2c(c1)nc(Nc1cccc(C(F)(F)F)c1)c1nc(CC3CC3)ncc12. The van der Waals surface area contributed by atoms with E-state index < -0.39 is 11.7 Å². The van der Waals surface area contributed by atoms with Crippen molar-refractivity contribution in [2.45, 2.75) is 38.8 Å². The Labute approximate surface area is 188 Å². The highest BCUT2D eigenvalue weighted by atomic mass is 19.4. The van der Waals surface area contributed by atoms with E-state index in [1.54, 1.807) is 31.3 Å². The highest BCUT2D eigenvalue weighted by Crippen LogP contribution is 2.35. The Kier molecular flexibility index (Phi) is 5.23. The lowest BCUT2D eigenvalue weighted by molar-refractivity contribution is -0.137. The van der Waals surface area contributed by atoms with E-state index in [9.17, 15) is 18.0 Å². The van der Waals surface area contributed by atoms with Gasteiger partial charge in [0.1, 0.15) is 11.3 Å². The topological polar surface area (TPSA) is 67.8 Å². The van der Waals surface area contributed by atoms with Gasteiger partial charge in [-0.05, 0) is 43.0 Å². The monoisotopic (exact) mass is 450 g/mol. The Balaban J connectivity index is 1.66. The number of hydrogen-bond donors (Lipinski definition) is 1. The number of alkyl halides is 3. The minimum absolute atomic E-state index is 0.0118. The van der Waals surface area contributed by atoms with Gasteiger partial charge in [-0.3, -0.25) is 4.79 Å². The van der Waals surface area contributed by atoms with Crippen LogP contribution in [0.5, 0.6) is 0 Å². The van der Waals surface area contributed by atoms with Crippen LogP contribution in [0.25, 0.3) is 21.8 Å². The number of Topliss-reactive ketones (excluding diaryl/α,β-unsaturated/α-hetero) is 1. The Morgan fingerprint density at radius 3 is 2.64 bits per heavy atom. The first kappa shape index (κ1) is 21.3. The maximum Gasteiger partial charge on any atom is 0.416 e. The molecule has 2 aromatic carbocycles. The molecule has 0 aliphatic heterocycles. The number of hydrogen-bond acceptors (Lipinski definition) is 5. The van der Waals surface area contributed by atoms with Gasteiger partial charge in [-0.15, -0.1) is 0 Å². The third-order valence-corrected chi connectivity index (χ3v) is 5.85. The molecule has 0 bridgehead atoms. The Morgan fingerprint density at radius 1 is 1.09 bits per heavy atom. The van der Waals surface area contributed by atoms with E-state index >= 15 is 0 Å².